The smallest absolute Gasteiger partial charge is 0.418 e. The number of aromatic amines is 1. The summed E-state index contributed by atoms with van der Waals surface area (Å²) in [5, 5.41) is 1.48. The van der Waals surface area contributed by atoms with Crippen molar-refractivity contribution in [3.63, 3.8) is 0 Å². The van der Waals surface area contributed by atoms with Gasteiger partial charge in [0.2, 0.25) is 11.8 Å². The van der Waals surface area contributed by atoms with E-state index in [4.69, 9.17) is 4.74 Å². The highest BCUT2D eigenvalue weighted by Crippen LogP contribution is 2.54. The lowest BCUT2D eigenvalue weighted by Gasteiger charge is -2.30. The maximum atomic E-state index is 13.9. The van der Waals surface area contributed by atoms with Gasteiger partial charge >= 0.3 is 17.2 Å². The zero-order chi connectivity index (χ0) is 33.0. The Morgan fingerprint density at radius 3 is 2.37 bits per heavy atom. The van der Waals surface area contributed by atoms with Gasteiger partial charge in [-0.1, -0.05) is 53.4 Å². The van der Waals surface area contributed by atoms with Gasteiger partial charge in [0.15, 0.2) is 6.61 Å². The van der Waals surface area contributed by atoms with Crippen LogP contribution in [0, 0.1) is 5.92 Å². The number of aromatic nitrogens is 1. The maximum absolute atomic E-state index is 13.9. The molecule has 3 amide bonds. The minimum atomic E-state index is -4.85. The first-order chi connectivity index (χ1) is 21.7. The fraction of sp³-hybridized carbons (Fsp3) is 0.200. The number of H-pyrrole nitrogens is 1. The molecule has 16 heteroatoms. The molecular formula is C30H19F6N3O5S2. The number of nitrogens with zero attached hydrogens (tertiary/aromatic N) is 1. The van der Waals surface area contributed by atoms with E-state index in [2.05, 4.69) is 10.3 Å². The van der Waals surface area contributed by atoms with E-state index in [9.17, 15) is 45.5 Å². The first kappa shape index (κ1) is 31.4. The largest absolute Gasteiger partial charge is 0.484 e. The Morgan fingerprint density at radius 2 is 1.63 bits per heavy atom. The summed E-state index contributed by atoms with van der Waals surface area (Å²) < 4.78 is 86.2. The summed E-state index contributed by atoms with van der Waals surface area (Å²) in [4.78, 5) is 55.4. The molecular weight excluding hydrogens is 660 g/mol. The lowest BCUT2D eigenvalue weighted by atomic mass is 9.83. The van der Waals surface area contributed by atoms with E-state index in [0.717, 1.165) is 59.5 Å². The van der Waals surface area contributed by atoms with Crippen molar-refractivity contribution in [3.05, 3.63) is 104 Å². The van der Waals surface area contributed by atoms with Crippen molar-refractivity contribution in [2.75, 3.05) is 16.8 Å². The minimum Gasteiger partial charge on any atom is -0.484 e. The van der Waals surface area contributed by atoms with E-state index in [1.807, 2.05) is 0 Å². The number of para-hydroxylation sites is 1. The number of hydrogen-bond acceptors (Lipinski definition) is 7. The van der Waals surface area contributed by atoms with Crippen LogP contribution in [0.25, 0.3) is 0 Å². The summed E-state index contributed by atoms with van der Waals surface area (Å²) in [5.41, 5.74) is -2.42. The highest BCUT2D eigenvalue weighted by atomic mass is 32.2. The van der Waals surface area contributed by atoms with Gasteiger partial charge in [-0.2, -0.15) is 26.3 Å². The van der Waals surface area contributed by atoms with Gasteiger partial charge in [-0.25, -0.2) is 4.90 Å². The van der Waals surface area contributed by atoms with Gasteiger partial charge in [0.25, 0.3) is 5.91 Å². The van der Waals surface area contributed by atoms with Crippen LogP contribution in [0.3, 0.4) is 0 Å². The van der Waals surface area contributed by atoms with Crippen LogP contribution >= 0.6 is 23.1 Å². The monoisotopic (exact) mass is 679 g/mol. The van der Waals surface area contributed by atoms with Crippen molar-refractivity contribution < 1.29 is 45.5 Å². The third kappa shape index (κ3) is 5.89. The standard InChI is InChI=1S/C30H19F6N3O5S2/c31-29(32,33)15-6-4-7-16(12-15)37-20(40)13-44-17-8-3-5-14(11-17)21-22-24(45-25-23(21)46-28(43)38-25)27(42)39(26(22)41)19-10-2-1-9-18(19)30(34,35)36/h1-12,21-22,24H,13H2,(H,37,40)(H,38,43)/t21-,22?,24?/m1/s1. The van der Waals surface area contributed by atoms with E-state index >= 15 is 0 Å². The molecule has 6 rings (SSSR count). The zero-order valence-corrected chi connectivity index (χ0v) is 24.6. The van der Waals surface area contributed by atoms with E-state index in [1.54, 1.807) is 6.07 Å². The molecule has 2 unspecified atom stereocenters. The third-order valence-electron chi connectivity index (χ3n) is 7.34. The number of carbonyl (C=O) groups is 3. The molecule has 3 heterocycles. The number of carbonyl (C=O) groups excluding carboxylic acids is 3. The number of fused-ring (bicyclic) bond motifs is 2. The SMILES string of the molecule is O=C(COc1cccc([C@H]2c3sc(=O)[nH]c3SC3C(=O)N(c4ccccc4C(F)(F)F)C(=O)C32)c1)Nc1cccc(C(F)(F)F)c1. The number of hydrogen-bond donors (Lipinski definition) is 2. The molecule has 1 fully saturated rings. The van der Waals surface area contributed by atoms with Crippen LogP contribution in [0.2, 0.25) is 0 Å². The van der Waals surface area contributed by atoms with Gasteiger partial charge in [0.05, 0.1) is 27.8 Å². The van der Waals surface area contributed by atoms with Crippen LogP contribution in [0.1, 0.15) is 27.5 Å². The Bertz CT molecular complexity index is 1920. The molecule has 0 aliphatic carbocycles. The second-order valence-corrected chi connectivity index (χ2v) is 12.4. The van der Waals surface area contributed by atoms with Gasteiger partial charge in [0.1, 0.15) is 11.0 Å². The number of rotatable bonds is 6. The average Bonchev–Trinajstić information content (AvgIpc) is 3.49. The summed E-state index contributed by atoms with van der Waals surface area (Å²) in [6.45, 7) is -0.603. The Labute approximate surface area is 263 Å². The van der Waals surface area contributed by atoms with Gasteiger partial charge in [0, 0.05) is 16.5 Å². The van der Waals surface area contributed by atoms with Crippen LogP contribution in [-0.4, -0.2) is 34.6 Å². The Morgan fingerprint density at radius 1 is 0.891 bits per heavy atom. The number of alkyl halides is 6. The molecule has 2 aliphatic rings. The van der Waals surface area contributed by atoms with E-state index in [0.29, 0.717) is 20.4 Å². The molecule has 0 radical (unpaired) electrons. The number of halogens is 6. The van der Waals surface area contributed by atoms with Crippen LogP contribution in [0.5, 0.6) is 5.75 Å². The topological polar surface area (TPSA) is 109 Å². The second kappa shape index (κ2) is 11.7. The molecule has 2 N–H and O–H groups in total. The summed E-state index contributed by atoms with van der Waals surface area (Å²) in [6.07, 6.45) is -9.45. The first-order valence-corrected chi connectivity index (χ1v) is 15.1. The summed E-state index contributed by atoms with van der Waals surface area (Å²) in [5.74, 6) is -4.50. The number of nitrogens with one attached hydrogen (secondary N) is 2. The summed E-state index contributed by atoms with van der Waals surface area (Å²) >= 11 is 1.70. The predicted octanol–water partition coefficient (Wildman–Crippen LogP) is 6.29. The van der Waals surface area contributed by atoms with Crippen molar-refractivity contribution in [1.82, 2.24) is 4.98 Å². The summed E-state index contributed by atoms with van der Waals surface area (Å²) in [6, 6.07) is 14.4. The molecule has 238 valence electrons. The Balaban J connectivity index is 1.28. The zero-order valence-electron chi connectivity index (χ0n) is 22.9. The Kier molecular flexibility index (Phi) is 7.96. The van der Waals surface area contributed by atoms with Crippen molar-refractivity contribution in [2.45, 2.75) is 28.5 Å². The van der Waals surface area contributed by atoms with Crippen LogP contribution in [-0.2, 0) is 26.7 Å². The molecule has 3 aromatic carbocycles. The molecule has 3 atom stereocenters. The van der Waals surface area contributed by atoms with Crippen molar-refractivity contribution >= 4 is 52.2 Å². The number of amides is 3. The molecule has 4 aromatic rings. The number of thioether (sulfide) groups is 1. The Hall–Kier alpha value is -4.57. The second-order valence-electron chi connectivity index (χ2n) is 10.3. The number of ether oxygens (including phenoxy) is 1. The van der Waals surface area contributed by atoms with E-state index in [1.165, 1.54) is 30.3 Å². The van der Waals surface area contributed by atoms with Crippen LogP contribution in [0.4, 0.5) is 37.7 Å². The molecule has 8 nitrogen and oxygen atoms in total. The molecule has 1 aromatic heterocycles. The number of benzene rings is 3. The third-order valence-corrected chi connectivity index (χ3v) is 9.74. The van der Waals surface area contributed by atoms with Crippen molar-refractivity contribution in [2.24, 2.45) is 5.92 Å². The first-order valence-electron chi connectivity index (χ1n) is 13.4. The highest BCUT2D eigenvalue weighted by Gasteiger charge is 2.57. The number of thiazole rings is 1. The lowest BCUT2D eigenvalue weighted by molar-refractivity contribution is -0.138. The quantitative estimate of drug-likeness (QED) is 0.183. The molecule has 0 spiro atoms. The van der Waals surface area contributed by atoms with Gasteiger partial charge in [-0.05, 0) is 48.0 Å². The normalized spacial score (nSPS) is 19.5. The van der Waals surface area contributed by atoms with Crippen LogP contribution in [0.15, 0.2) is 82.6 Å². The fourth-order valence-corrected chi connectivity index (χ4v) is 7.95. The van der Waals surface area contributed by atoms with Crippen molar-refractivity contribution in [1.29, 1.82) is 0 Å². The fourth-order valence-electron chi connectivity index (χ4n) is 5.44. The van der Waals surface area contributed by atoms with Crippen LogP contribution < -0.4 is 19.8 Å². The van der Waals surface area contributed by atoms with Gasteiger partial charge in [-0.3, -0.25) is 19.2 Å². The molecule has 46 heavy (non-hydrogen) atoms. The van der Waals surface area contributed by atoms with Gasteiger partial charge in [-0.15, -0.1) is 0 Å². The minimum absolute atomic E-state index is 0.0983. The predicted molar refractivity (Wildman–Crippen MR) is 156 cm³/mol. The molecule has 1 saturated heterocycles. The van der Waals surface area contributed by atoms with E-state index < -0.39 is 75.5 Å². The lowest BCUT2D eigenvalue weighted by Crippen LogP contribution is -2.33. The molecule has 2 aliphatic heterocycles. The maximum Gasteiger partial charge on any atom is 0.418 e. The highest BCUT2D eigenvalue weighted by molar-refractivity contribution is 8.00. The van der Waals surface area contributed by atoms with E-state index in [-0.39, 0.29) is 11.4 Å². The number of anilines is 2. The van der Waals surface area contributed by atoms with Crippen molar-refractivity contribution in [3.8, 4) is 5.75 Å². The van der Waals surface area contributed by atoms with Gasteiger partial charge < -0.3 is 15.0 Å². The summed E-state index contributed by atoms with van der Waals surface area (Å²) in [7, 11) is 0. The number of imide groups is 1. The molecule has 0 bridgehead atoms. The average molecular weight is 680 g/mol. The molecule has 0 saturated carbocycles.